The van der Waals surface area contributed by atoms with Gasteiger partial charge in [-0.05, 0) is 12.1 Å². The second kappa shape index (κ2) is 6.16. The summed E-state index contributed by atoms with van der Waals surface area (Å²) in [6, 6.07) is 3.77. The zero-order chi connectivity index (χ0) is 12.1. The minimum atomic E-state index is 0.600. The smallest absolute Gasteiger partial charge is 0.208 e. The van der Waals surface area contributed by atoms with Crippen molar-refractivity contribution in [2.75, 3.05) is 20.3 Å². The normalized spacial score (nSPS) is 10.9. The third-order valence-corrected chi connectivity index (χ3v) is 3.37. The quantitative estimate of drug-likeness (QED) is 0.822. The van der Waals surface area contributed by atoms with Gasteiger partial charge in [0.25, 0.3) is 0 Å². The molecule has 0 unspecified atom stereocenters. The van der Waals surface area contributed by atoms with Crippen LogP contribution in [0.25, 0.3) is 10.6 Å². The van der Waals surface area contributed by atoms with Crippen LogP contribution >= 0.6 is 22.9 Å². The van der Waals surface area contributed by atoms with E-state index in [0.29, 0.717) is 19.0 Å². The number of aromatic nitrogens is 1. The van der Waals surface area contributed by atoms with Gasteiger partial charge in [-0.3, -0.25) is 0 Å². The Morgan fingerprint density at radius 2 is 2.41 bits per heavy atom. The summed E-state index contributed by atoms with van der Waals surface area (Å²) in [6.07, 6.45) is 1.72. The van der Waals surface area contributed by atoms with Gasteiger partial charge in [0.2, 0.25) is 5.89 Å². The standard InChI is InChI=1S/C11H13ClN2O2S/c1-15-5-4-13-7-11-14-6-8(16-11)9-2-3-10(12)17-9/h2-3,6,13H,4-5,7H2,1H3. The van der Waals surface area contributed by atoms with Crippen LogP contribution in [0.4, 0.5) is 0 Å². The molecule has 2 rings (SSSR count). The fourth-order valence-electron chi connectivity index (χ4n) is 1.32. The maximum absolute atomic E-state index is 5.87. The maximum atomic E-state index is 5.87. The van der Waals surface area contributed by atoms with E-state index in [-0.39, 0.29) is 0 Å². The van der Waals surface area contributed by atoms with Crippen LogP contribution in [0.2, 0.25) is 4.34 Å². The summed E-state index contributed by atoms with van der Waals surface area (Å²) in [5.41, 5.74) is 0. The van der Waals surface area contributed by atoms with E-state index >= 15 is 0 Å². The second-order valence-electron chi connectivity index (χ2n) is 3.39. The van der Waals surface area contributed by atoms with E-state index in [0.717, 1.165) is 21.5 Å². The van der Waals surface area contributed by atoms with Crippen molar-refractivity contribution in [3.63, 3.8) is 0 Å². The Kier molecular flexibility index (Phi) is 4.56. The molecule has 0 aliphatic carbocycles. The Hall–Kier alpha value is -0.880. The molecule has 0 aliphatic heterocycles. The zero-order valence-electron chi connectivity index (χ0n) is 9.40. The summed E-state index contributed by atoms with van der Waals surface area (Å²) in [5.74, 6) is 1.42. The van der Waals surface area contributed by atoms with E-state index in [1.165, 1.54) is 11.3 Å². The van der Waals surface area contributed by atoms with Crippen molar-refractivity contribution in [1.29, 1.82) is 0 Å². The number of nitrogens with zero attached hydrogens (tertiary/aromatic N) is 1. The van der Waals surface area contributed by atoms with E-state index in [1.807, 2.05) is 12.1 Å². The lowest BCUT2D eigenvalue weighted by atomic mass is 10.4. The summed E-state index contributed by atoms with van der Waals surface area (Å²) in [6.45, 7) is 2.05. The van der Waals surface area contributed by atoms with Crippen LogP contribution in [-0.2, 0) is 11.3 Å². The number of hydrogen-bond acceptors (Lipinski definition) is 5. The lowest BCUT2D eigenvalue weighted by molar-refractivity contribution is 0.198. The van der Waals surface area contributed by atoms with Crippen LogP contribution in [0.3, 0.4) is 0 Å². The van der Waals surface area contributed by atoms with E-state index in [4.69, 9.17) is 20.8 Å². The molecule has 2 heterocycles. The third-order valence-electron chi connectivity index (χ3n) is 2.13. The zero-order valence-corrected chi connectivity index (χ0v) is 11.0. The van der Waals surface area contributed by atoms with Crippen molar-refractivity contribution in [3.05, 3.63) is 28.6 Å². The first-order chi connectivity index (χ1) is 8.29. The molecule has 2 aromatic heterocycles. The van der Waals surface area contributed by atoms with Gasteiger partial charge < -0.3 is 14.5 Å². The number of halogens is 1. The van der Waals surface area contributed by atoms with Crippen molar-refractivity contribution < 1.29 is 9.15 Å². The van der Waals surface area contributed by atoms with Crippen molar-refractivity contribution in [2.24, 2.45) is 0 Å². The Labute approximate surface area is 109 Å². The molecule has 0 amide bonds. The third kappa shape index (κ3) is 3.54. The number of oxazole rings is 1. The molecule has 17 heavy (non-hydrogen) atoms. The topological polar surface area (TPSA) is 47.3 Å². The molecule has 0 spiro atoms. The van der Waals surface area contributed by atoms with Crippen molar-refractivity contribution >= 4 is 22.9 Å². The minimum Gasteiger partial charge on any atom is -0.438 e. The van der Waals surface area contributed by atoms with E-state index < -0.39 is 0 Å². The summed E-state index contributed by atoms with van der Waals surface area (Å²) in [7, 11) is 1.67. The van der Waals surface area contributed by atoms with Gasteiger partial charge in [0.05, 0.1) is 28.6 Å². The molecule has 0 atom stereocenters. The number of ether oxygens (including phenoxy) is 1. The van der Waals surface area contributed by atoms with E-state index in [1.54, 1.807) is 13.3 Å². The van der Waals surface area contributed by atoms with Crippen LogP contribution in [0, 0.1) is 0 Å². The van der Waals surface area contributed by atoms with Gasteiger partial charge in [0.1, 0.15) is 0 Å². The molecule has 4 nitrogen and oxygen atoms in total. The maximum Gasteiger partial charge on any atom is 0.208 e. The van der Waals surface area contributed by atoms with Crippen LogP contribution in [0.1, 0.15) is 5.89 Å². The van der Waals surface area contributed by atoms with Crippen LogP contribution in [0.15, 0.2) is 22.7 Å². The highest BCUT2D eigenvalue weighted by molar-refractivity contribution is 7.19. The molecular weight excluding hydrogens is 260 g/mol. The van der Waals surface area contributed by atoms with Crippen LogP contribution < -0.4 is 5.32 Å². The summed E-state index contributed by atoms with van der Waals surface area (Å²) in [5, 5.41) is 3.17. The molecule has 92 valence electrons. The molecule has 0 bridgehead atoms. The molecule has 2 aromatic rings. The SMILES string of the molecule is COCCNCc1ncc(-c2ccc(Cl)s2)o1. The Bertz CT molecular complexity index is 469. The molecule has 0 aliphatic rings. The summed E-state index contributed by atoms with van der Waals surface area (Å²) >= 11 is 7.34. The summed E-state index contributed by atoms with van der Waals surface area (Å²) < 4.78 is 11.3. The highest BCUT2D eigenvalue weighted by Crippen LogP contribution is 2.31. The molecule has 1 N–H and O–H groups in total. The van der Waals surface area contributed by atoms with Gasteiger partial charge in [0.15, 0.2) is 5.76 Å². The number of hydrogen-bond donors (Lipinski definition) is 1. The van der Waals surface area contributed by atoms with E-state index in [2.05, 4.69) is 10.3 Å². The van der Waals surface area contributed by atoms with Gasteiger partial charge in [-0.15, -0.1) is 11.3 Å². The number of rotatable bonds is 6. The molecule has 6 heteroatoms. The van der Waals surface area contributed by atoms with Gasteiger partial charge in [0, 0.05) is 13.7 Å². The average molecular weight is 273 g/mol. The lowest BCUT2D eigenvalue weighted by Crippen LogP contribution is -2.18. The van der Waals surface area contributed by atoms with Crippen LogP contribution in [0.5, 0.6) is 0 Å². The van der Waals surface area contributed by atoms with Gasteiger partial charge in [-0.2, -0.15) is 0 Å². The monoisotopic (exact) mass is 272 g/mol. The first-order valence-electron chi connectivity index (χ1n) is 5.19. The molecule has 0 fully saturated rings. The number of thiophene rings is 1. The minimum absolute atomic E-state index is 0.600. The molecule has 0 radical (unpaired) electrons. The number of nitrogens with one attached hydrogen (secondary N) is 1. The predicted octanol–water partition coefficient (Wildman–Crippen LogP) is 2.79. The lowest BCUT2D eigenvalue weighted by Gasteiger charge is -1.99. The second-order valence-corrected chi connectivity index (χ2v) is 5.11. The Morgan fingerprint density at radius 1 is 1.53 bits per heavy atom. The highest BCUT2D eigenvalue weighted by Gasteiger charge is 2.08. The first kappa shape index (κ1) is 12.6. The predicted molar refractivity (Wildman–Crippen MR) is 68.4 cm³/mol. The fourth-order valence-corrected chi connectivity index (χ4v) is 2.31. The van der Waals surface area contributed by atoms with Crippen molar-refractivity contribution in [3.8, 4) is 10.6 Å². The molecule has 0 saturated heterocycles. The average Bonchev–Trinajstić information content (AvgIpc) is 2.93. The molecule has 0 saturated carbocycles. The fraction of sp³-hybridized carbons (Fsp3) is 0.364. The van der Waals surface area contributed by atoms with Gasteiger partial charge in [-0.1, -0.05) is 11.6 Å². The Balaban J connectivity index is 1.92. The van der Waals surface area contributed by atoms with E-state index in [9.17, 15) is 0 Å². The van der Waals surface area contributed by atoms with Crippen molar-refractivity contribution in [1.82, 2.24) is 10.3 Å². The molecule has 0 aromatic carbocycles. The highest BCUT2D eigenvalue weighted by atomic mass is 35.5. The largest absolute Gasteiger partial charge is 0.438 e. The Morgan fingerprint density at radius 3 is 3.12 bits per heavy atom. The van der Waals surface area contributed by atoms with Crippen LogP contribution in [-0.4, -0.2) is 25.2 Å². The van der Waals surface area contributed by atoms with Crippen molar-refractivity contribution in [2.45, 2.75) is 6.54 Å². The summed E-state index contributed by atoms with van der Waals surface area (Å²) in [4.78, 5) is 5.18. The first-order valence-corrected chi connectivity index (χ1v) is 6.39. The van der Waals surface area contributed by atoms with Gasteiger partial charge in [-0.25, -0.2) is 4.98 Å². The van der Waals surface area contributed by atoms with Gasteiger partial charge >= 0.3 is 0 Å². The number of methoxy groups -OCH3 is 1. The molecular formula is C11H13ClN2O2S.